The second kappa shape index (κ2) is 5.75. The Morgan fingerprint density at radius 3 is 2.76 bits per heavy atom. The third-order valence-corrected chi connectivity index (χ3v) is 5.07. The van der Waals surface area contributed by atoms with Gasteiger partial charge >= 0.3 is 0 Å². The van der Waals surface area contributed by atoms with Gasteiger partial charge in [-0.05, 0) is 24.7 Å². The summed E-state index contributed by atoms with van der Waals surface area (Å²) in [6.45, 7) is 4.56. The third-order valence-electron chi connectivity index (χ3n) is 4.23. The molecule has 3 rings (SSSR count). The summed E-state index contributed by atoms with van der Waals surface area (Å²) in [5.41, 5.74) is 0. The molecule has 21 heavy (non-hydrogen) atoms. The summed E-state index contributed by atoms with van der Waals surface area (Å²) in [5, 5.41) is 5.89. The molecule has 0 radical (unpaired) electrons. The summed E-state index contributed by atoms with van der Waals surface area (Å²) in [6, 6.07) is -0.656. The predicted molar refractivity (Wildman–Crippen MR) is 80.8 cm³/mol. The van der Waals surface area contributed by atoms with Crippen molar-refractivity contribution < 1.29 is 9.59 Å². The topological polar surface area (TPSA) is 62.3 Å². The summed E-state index contributed by atoms with van der Waals surface area (Å²) in [6.07, 6.45) is 4.58. The van der Waals surface area contributed by atoms with E-state index < -0.39 is 0 Å². The van der Waals surface area contributed by atoms with Gasteiger partial charge in [0.15, 0.2) is 0 Å². The molecule has 1 aromatic heterocycles. The van der Waals surface area contributed by atoms with Gasteiger partial charge in [0.1, 0.15) is 12.1 Å². The highest BCUT2D eigenvalue weighted by Gasteiger charge is 2.47. The number of carbonyl (C=O) groups excluding carboxylic acids is 2. The second-order valence-corrected chi connectivity index (χ2v) is 7.20. The molecule has 1 N–H and O–H groups in total. The van der Waals surface area contributed by atoms with E-state index in [9.17, 15) is 9.59 Å². The first-order chi connectivity index (χ1) is 10.1. The van der Waals surface area contributed by atoms with E-state index in [1.54, 1.807) is 22.4 Å². The second-order valence-electron chi connectivity index (χ2n) is 6.22. The van der Waals surface area contributed by atoms with E-state index in [1.807, 2.05) is 19.2 Å². The molecule has 0 aromatic carbocycles. The van der Waals surface area contributed by atoms with E-state index in [2.05, 4.69) is 10.3 Å². The Kier molecular flexibility index (Phi) is 3.97. The van der Waals surface area contributed by atoms with Crippen molar-refractivity contribution in [3.8, 4) is 0 Å². The number of rotatable bonds is 5. The van der Waals surface area contributed by atoms with Gasteiger partial charge in [0.05, 0.1) is 5.01 Å². The summed E-state index contributed by atoms with van der Waals surface area (Å²) in [5.74, 6) is 0.551. The molecule has 2 unspecified atom stereocenters. The maximum absolute atomic E-state index is 12.7. The van der Waals surface area contributed by atoms with Crippen LogP contribution < -0.4 is 5.32 Å². The molecule has 5 nitrogen and oxygen atoms in total. The molecule has 1 aliphatic carbocycles. The highest BCUT2D eigenvalue weighted by molar-refractivity contribution is 7.09. The SMILES string of the molecule is CC(C)C1C(=O)NC(C2CC2)C(=O)N1CCc1nccs1. The number of piperazine rings is 1. The van der Waals surface area contributed by atoms with E-state index in [4.69, 9.17) is 0 Å². The summed E-state index contributed by atoms with van der Waals surface area (Å²) >= 11 is 1.59. The summed E-state index contributed by atoms with van der Waals surface area (Å²) in [4.78, 5) is 31.1. The quantitative estimate of drug-likeness (QED) is 0.895. The van der Waals surface area contributed by atoms with Crippen molar-refractivity contribution in [3.05, 3.63) is 16.6 Å². The van der Waals surface area contributed by atoms with Crippen LogP contribution in [0.2, 0.25) is 0 Å². The number of hydrogen-bond acceptors (Lipinski definition) is 4. The van der Waals surface area contributed by atoms with Gasteiger partial charge in [0, 0.05) is 24.5 Å². The molecule has 2 fully saturated rings. The van der Waals surface area contributed by atoms with Crippen molar-refractivity contribution in [1.82, 2.24) is 15.2 Å². The van der Waals surface area contributed by atoms with Crippen molar-refractivity contribution in [2.24, 2.45) is 11.8 Å². The minimum Gasteiger partial charge on any atom is -0.342 e. The molecule has 1 saturated carbocycles. The number of nitrogens with one attached hydrogen (secondary N) is 1. The van der Waals surface area contributed by atoms with Crippen molar-refractivity contribution in [3.63, 3.8) is 0 Å². The van der Waals surface area contributed by atoms with Gasteiger partial charge < -0.3 is 10.2 Å². The maximum atomic E-state index is 12.7. The fraction of sp³-hybridized carbons (Fsp3) is 0.667. The molecular formula is C15H21N3O2S. The molecule has 0 spiro atoms. The van der Waals surface area contributed by atoms with E-state index in [1.165, 1.54) is 0 Å². The van der Waals surface area contributed by atoms with Crippen LogP contribution in [-0.4, -0.2) is 40.3 Å². The lowest BCUT2D eigenvalue weighted by Crippen LogP contribution is -2.65. The molecule has 1 saturated heterocycles. The lowest BCUT2D eigenvalue weighted by Gasteiger charge is -2.41. The Morgan fingerprint density at radius 1 is 1.43 bits per heavy atom. The van der Waals surface area contributed by atoms with Crippen LogP contribution in [-0.2, 0) is 16.0 Å². The lowest BCUT2D eigenvalue weighted by molar-refractivity contribution is -0.151. The Bertz CT molecular complexity index is 525. The van der Waals surface area contributed by atoms with Crippen LogP contribution in [0.4, 0.5) is 0 Å². The van der Waals surface area contributed by atoms with Gasteiger partial charge in [-0.1, -0.05) is 13.8 Å². The predicted octanol–water partition coefficient (Wildman–Crippen LogP) is 1.45. The zero-order valence-corrected chi connectivity index (χ0v) is 13.2. The minimum absolute atomic E-state index is 0.000591. The van der Waals surface area contributed by atoms with Gasteiger partial charge in [0.25, 0.3) is 0 Å². The monoisotopic (exact) mass is 307 g/mol. The normalized spacial score (nSPS) is 26.3. The molecule has 2 heterocycles. The van der Waals surface area contributed by atoms with Crippen LogP contribution >= 0.6 is 11.3 Å². The third kappa shape index (κ3) is 2.95. The molecule has 1 aliphatic heterocycles. The number of thiazole rings is 1. The van der Waals surface area contributed by atoms with Crippen LogP contribution in [0.25, 0.3) is 0 Å². The van der Waals surface area contributed by atoms with Crippen LogP contribution in [0, 0.1) is 11.8 Å². The smallest absolute Gasteiger partial charge is 0.246 e. The van der Waals surface area contributed by atoms with Crippen molar-refractivity contribution >= 4 is 23.2 Å². The highest BCUT2D eigenvalue weighted by atomic mass is 32.1. The van der Waals surface area contributed by atoms with Crippen LogP contribution in [0.5, 0.6) is 0 Å². The van der Waals surface area contributed by atoms with Gasteiger partial charge in [-0.25, -0.2) is 4.98 Å². The van der Waals surface area contributed by atoms with E-state index in [0.717, 1.165) is 24.3 Å². The Morgan fingerprint density at radius 2 is 2.19 bits per heavy atom. The van der Waals surface area contributed by atoms with Gasteiger partial charge in [0.2, 0.25) is 11.8 Å². The molecule has 6 heteroatoms. The zero-order valence-electron chi connectivity index (χ0n) is 12.4. The average molecular weight is 307 g/mol. The Labute approximate surface area is 128 Å². The number of hydrogen-bond donors (Lipinski definition) is 1. The molecule has 114 valence electrons. The van der Waals surface area contributed by atoms with Crippen molar-refractivity contribution in [2.75, 3.05) is 6.54 Å². The number of carbonyl (C=O) groups is 2. The summed E-state index contributed by atoms with van der Waals surface area (Å²) < 4.78 is 0. The molecule has 2 atom stereocenters. The number of nitrogens with zero attached hydrogens (tertiary/aromatic N) is 2. The Balaban J connectivity index is 1.76. The molecule has 1 aromatic rings. The highest BCUT2D eigenvalue weighted by Crippen LogP contribution is 2.35. The average Bonchev–Trinajstić information content (AvgIpc) is 3.15. The minimum atomic E-state index is -0.354. The lowest BCUT2D eigenvalue weighted by atomic mass is 9.95. The standard InChI is InChI=1S/C15H21N3O2S/c1-9(2)13-14(19)17-12(10-3-4-10)15(20)18(13)7-5-11-16-6-8-21-11/h6,8-10,12-13H,3-5,7H2,1-2H3,(H,17,19). The molecule has 2 aliphatic rings. The van der Waals surface area contributed by atoms with Crippen LogP contribution in [0.3, 0.4) is 0 Å². The first-order valence-electron chi connectivity index (χ1n) is 7.57. The van der Waals surface area contributed by atoms with Gasteiger partial charge in [-0.2, -0.15) is 0 Å². The van der Waals surface area contributed by atoms with E-state index in [0.29, 0.717) is 12.5 Å². The van der Waals surface area contributed by atoms with Crippen molar-refractivity contribution in [1.29, 1.82) is 0 Å². The van der Waals surface area contributed by atoms with E-state index in [-0.39, 0.29) is 29.8 Å². The van der Waals surface area contributed by atoms with Crippen molar-refractivity contribution in [2.45, 2.75) is 45.2 Å². The van der Waals surface area contributed by atoms with Gasteiger partial charge in [-0.15, -0.1) is 11.3 Å². The summed E-state index contributed by atoms with van der Waals surface area (Å²) in [7, 11) is 0. The number of amides is 2. The molecule has 0 bridgehead atoms. The fourth-order valence-electron chi connectivity index (χ4n) is 3.01. The molecular weight excluding hydrogens is 286 g/mol. The van der Waals surface area contributed by atoms with E-state index >= 15 is 0 Å². The Hall–Kier alpha value is -1.43. The zero-order chi connectivity index (χ0) is 15.0. The van der Waals surface area contributed by atoms with Gasteiger partial charge in [-0.3, -0.25) is 9.59 Å². The largest absolute Gasteiger partial charge is 0.342 e. The maximum Gasteiger partial charge on any atom is 0.246 e. The van der Waals surface area contributed by atoms with Crippen LogP contribution in [0.15, 0.2) is 11.6 Å². The number of aromatic nitrogens is 1. The first-order valence-corrected chi connectivity index (χ1v) is 8.45. The fourth-order valence-corrected chi connectivity index (χ4v) is 3.62. The van der Waals surface area contributed by atoms with Crippen LogP contribution in [0.1, 0.15) is 31.7 Å². The molecule has 2 amide bonds. The first kappa shape index (κ1) is 14.5.